The largest absolute Gasteiger partial charge is 0.309 e. The molecule has 0 saturated heterocycles. The predicted molar refractivity (Wildman–Crippen MR) is 45.3 cm³/mol. The Bertz CT molecular complexity index is 217. The molecule has 62 valence electrons. The molecule has 1 aromatic rings. The van der Waals surface area contributed by atoms with Gasteiger partial charge in [-0.15, -0.1) is 0 Å². The van der Waals surface area contributed by atoms with Crippen molar-refractivity contribution in [3.8, 4) is 0 Å². The Labute approximate surface area is 67.4 Å². The van der Waals surface area contributed by atoms with Gasteiger partial charge in [0.1, 0.15) is 0 Å². The van der Waals surface area contributed by atoms with Crippen LogP contribution in [0.5, 0.6) is 0 Å². The van der Waals surface area contributed by atoms with Gasteiger partial charge in [-0.25, -0.2) is 0 Å². The minimum atomic E-state index is 0.362. The van der Waals surface area contributed by atoms with Crippen LogP contribution in [0, 0.1) is 0 Å². The summed E-state index contributed by atoms with van der Waals surface area (Å²) < 4.78 is 1.82. The van der Waals surface area contributed by atoms with Crippen molar-refractivity contribution in [2.45, 2.75) is 19.9 Å². The fourth-order valence-corrected chi connectivity index (χ4v) is 1.07. The first-order valence-corrected chi connectivity index (χ1v) is 3.97. The highest BCUT2D eigenvalue weighted by atomic mass is 15.3. The lowest BCUT2D eigenvalue weighted by Gasteiger charge is -2.07. The number of nitrogens with one attached hydrogen (secondary N) is 1. The maximum absolute atomic E-state index is 4.28. The topological polar surface area (TPSA) is 29.9 Å². The molecule has 0 fully saturated rings. The summed E-state index contributed by atoms with van der Waals surface area (Å²) in [6, 6.07) is 2.40. The molecule has 1 atom stereocenters. The van der Waals surface area contributed by atoms with E-state index >= 15 is 0 Å². The van der Waals surface area contributed by atoms with Crippen LogP contribution in [-0.2, 0) is 7.05 Å². The molecule has 0 aliphatic heterocycles. The minimum Gasteiger partial charge on any atom is -0.309 e. The average molecular weight is 153 g/mol. The molecule has 1 heterocycles. The van der Waals surface area contributed by atoms with Crippen molar-refractivity contribution in [1.82, 2.24) is 15.1 Å². The van der Waals surface area contributed by atoms with Crippen LogP contribution in [0.15, 0.2) is 12.3 Å². The first-order chi connectivity index (χ1) is 5.24. The Morgan fingerprint density at radius 1 is 1.73 bits per heavy atom. The molecule has 11 heavy (non-hydrogen) atoms. The summed E-state index contributed by atoms with van der Waals surface area (Å²) in [7, 11) is 1.93. The number of hydrogen-bond donors (Lipinski definition) is 1. The first kappa shape index (κ1) is 8.27. The quantitative estimate of drug-likeness (QED) is 0.704. The lowest BCUT2D eigenvalue weighted by molar-refractivity contribution is 0.571. The van der Waals surface area contributed by atoms with Gasteiger partial charge < -0.3 is 5.32 Å². The van der Waals surface area contributed by atoms with Gasteiger partial charge >= 0.3 is 0 Å². The molecular formula is C8H15N3. The van der Waals surface area contributed by atoms with Crippen LogP contribution in [0.25, 0.3) is 0 Å². The Balaban J connectivity index is 2.60. The van der Waals surface area contributed by atoms with Gasteiger partial charge in [0.25, 0.3) is 0 Å². The molecule has 1 rings (SSSR count). The van der Waals surface area contributed by atoms with E-state index in [1.54, 1.807) is 0 Å². The molecule has 1 unspecified atom stereocenters. The molecule has 0 aliphatic rings. The summed E-state index contributed by atoms with van der Waals surface area (Å²) in [5.41, 5.74) is 1.11. The van der Waals surface area contributed by atoms with Crippen molar-refractivity contribution in [3.63, 3.8) is 0 Å². The highest BCUT2D eigenvalue weighted by molar-refractivity contribution is 5.03. The van der Waals surface area contributed by atoms with Crippen molar-refractivity contribution in [1.29, 1.82) is 0 Å². The van der Waals surface area contributed by atoms with E-state index in [9.17, 15) is 0 Å². The lowest BCUT2D eigenvalue weighted by Crippen LogP contribution is -2.18. The van der Waals surface area contributed by atoms with Gasteiger partial charge in [-0.2, -0.15) is 5.10 Å². The zero-order valence-electron chi connectivity index (χ0n) is 7.33. The van der Waals surface area contributed by atoms with Crippen LogP contribution in [0.2, 0.25) is 0 Å². The monoisotopic (exact) mass is 153 g/mol. The summed E-state index contributed by atoms with van der Waals surface area (Å²) in [4.78, 5) is 0. The van der Waals surface area contributed by atoms with Crippen LogP contribution < -0.4 is 5.32 Å². The van der Waals surface area contributed by atoms with Gasteiger partial charge in [0.05, 0.1) is 5.69 Å². The van der Waals surface area contributed by atoms with Crippen LogP contribution in [0.1, 0.15) is 25.6 Å². The van der Waals surface area contributed by atoms with E-state index in [2.05, 4.69) is 24.3 Å². The zero-order valence-corrected chi connectivity index (χ0v) is 7.33. The highest BCUT2D eigenvalue weighted by Gasteiger charge is 2.04. The summed E-state index contributed by atoms with van der Waals surface area (Å²) >= 11 is 0. The van der Waals surface area contributed by atoms with E-state index in [4.69, 9.17) is 0 Å². The minimum absolute atomic E-state index is 0.362. The molecule has 3 heteroatoms. The van der Waals surface area contributed by atoms with E-state index in [1.165, 1.54) is 0 Å². The van der Waals surface area contributed by atoms with Gasteiger partial charge in [0.15, 0.2) is 0 Å². The predicted octanol–water partition coefficient (Wildman–Crippen LogP) is 1.09. The third-order valence-corrected chi connectivity index (χ3v) is 1.69. The molecule has 1 aromatic heterocycles. The van der Waals surface area contributed by atoms with E-state index < -0.39 is 0 Å². The fraction of sp³-hybridized carbons (Fsp3) is 0.625. The standard InChI is InChI=1S/C8H15N3/c1-4-9-7(2)8-5-6-11(3)10-8/h5-7,9H,4H2,1-3H3. The Kier molecular flexibility index (Phi) is 2.65. The van der Waals surface area contributed by atoms with Crippen LogP contribution in [-0.4, -0.2) is 16.3 Å². The van der Waals surface area contributed by atoms with Crippen LogP contribution >= 0.6 is 0 Å². The normalized spacial score (nSPS) is 13.4. The van der Waals surface area contributed by atoms with E-state index in [0.29, 0.717) is 6.04 Å². The molecule has 0 spiro atoms. The van der Waals surface area contributed by atoms with Gasteiger partial charge in [0.2, 0.25) is 0 Å². The Morgan fingerprint density at radius 2 is 2.45 bits per heavy atom. The molecule has 0 aromatic carbocycles. The first-order valence-electron chi connectivity index (χ1n) is 3.97. The number of rotatable bonds is 3. The average Bonchev–Trinajstić information content (AvgIpc) is 2.36. The van der Waals surface area contributed by atoms with Crippen molar-refractivity contribution >= 4 is 0 Å². The molecule has 0 amide bonds. The Morgan fingerprint density at radius 3 is 2.91 bits per heavy atom. The second kappa shape index (κ2) is 3.53. The van der Waals surface area contributed by atoms with E-state index in [1.807, 2.05) is 24.0 Å². The second-order valence-electron chi connectivity index (χ2n) is 2.69. The van der Waals surface area contributed by atoms with Crippen LogP contribution in [0.3, 0.4) is 0 Å². The molecule has 0 aliphatic carbocycles. The number of nitrogens with zero attached hydrogens (tertiary/aromatic N) is 2. The summed E-state index contributed by atoms with van der Waals surface area (Å²) in [6.07, 6.45) is 1.96. The molecule has 3 nitrogen and oxygen atoms in total. The van der Waals surface area contributed by atoms with Gasteiger partial charge in [-0.3, -0.25) is 4.68 Å². The third-order valence-electron chi connectivity index (χ3n) is 1.69. The summed E-state index contributed by atoms with van der Waals surface area (Å²) in [5, 5.41) is 7.58. The Hall–Kier alpha value is -0.830. The van der Waals surface area contributed by atoms with Gasteiger partial charge in [0, 0.05) is 19.3 Å². The van der Waals surface area contributed by atoms with E-state index in [-0.39, 0.29) is 0 Å². The fourth-order valence-electron chi connectivity index (χ4n) is 1.07. The third kappa shape index (κ3) is 2.05. The number of aromatic nitrogens is 2. The zero-order chi connectivity index (χ0) is 8.27. The van der Waals surface area contributed by atoms with Gasteiger partial charge in [-0.05, 0) is 19.5 Å². The highest BCUT2D eigenvalue weighted by Crippen LogP contribution is 2.07. The van der Waals surface area contributed by atoms with Crippen LogP contribution in [0.4, 0.5) is 0 Å². The molecule has 1 N–H and O–H groups in total. The van der Waals surface area contributed by atoms with Crippen molar-refractivity contribution in [2.75, 3.05) is 6.54 Å². The molecule has 0 saturated carbocycles. The van der Waals surface area contributed by atoms with Gasteiger partial charge in [-0.1, -0.05) is 6.92 Å². The van der Waals surface area contributed by atoms with Crippen molar-refractivity contribution in [3.05, 3.63) is 18.0 Å². The lowest BCUT2D eigenvalue weighted by atomic mass is 10.2. The maximum Gasteiger partial charge on any atom is 0.0790 e. The molecule has 0 bridgehead atoms. The molecular weight excluding hydrogens is 138 g/mol. The second-order valence-corrected chi connectivity index (χ2v) is 2.69. The number of hydrogen-bond acceptors (Lipinski definition) is 2. The molecule has 0 radical (unpaired) electrons. The maximum atomic E-state index is 4.28. The SMILES string of the molecule is CCNC(C)c1ccn(C)n1. The van der Waals surface area contributed by atoms with E-state index in [0.717, 1.165) is 12.2 Å². The summed E-state index contributed by atoms with van der Waals surface area (Å²) in [6.45, 7) is 5.20. The van der Waals surface area contributed by atoms with Crippen molar-refractivity contribution in [2.24, 2.45) is 7.05 Å². The summed E-state index contributed by atoms with van der Waals surface area (Å²) in [5.74, 6) is 0. The number of aryl methyl sites for hydroxylation is 1. The smallest absolute Gasteiger partial charge is 0.0790 e. The van der Waals surface area contributed by atoms with Crippen molar-refractivity contribution < 1.29 is 0 Å².